The number of urea groups is 1. The third-order valence-corrected chi connectivity index (χ3v) is 8.72. The summed E-state index contributed by atoms with van der Waals surface area (Å²) < 4.78 is 30.3. The molecule has 0 bridgehead atoms. The summed E-state index contributed by atoms with van der Waals surface area (Å²) in [7, 11) is 3.33. The standard InChI is InChI=1S/C28H35ClFN3O4/c1-35-24-6-3-18(15-25(24)36-2)28-10-7-20(32-27(34)31-19-4-5-23(30)22(29)16-19)17-26(28)33(12-11-28)21-8-13-37-14-9-21/h3-6,15-16,20-21,26H,7-14,17H2,1-2H3,(H2,31,32,34)/t20-,26+,28+/m1/s1. The zero-order chi connectivity index (χ0) is 26.0. The Morgan fingerprint density at radius 3 is 2.59 bits per heavy atom. The Balaban J connectivity index is 1.37. The molecular formula is C28H35ClFN3O4. The number of nitrogens with zero attached hydrogens (tertiary/aromatic N) is 1. The minimum Gasteiger partial charge on any atom is -0.493 e. The predicted molar refractivity (Wildman–Crippen MR) is 141 cm³/mol. The number of ether oxygens (including phenoxy) is 3. The second-order valence-corrected chi connectivity index (χ2v) is 10.7. The van der Waals surface area contributed by atoms with Gasteiger partial charge in [0, 0.05) is 42.4 Å². The first-order valence-corrected chi connectivity index (χ1v) is 13.4. The zero-order valence-electron chi connectivity index (χ0n) is 21.4. The molecule has 2 aliphatic heterocycles. The molecule has 0 aromatic heterocycles. The molecule has 0 unspecified atom stereocenters. The van der Waals surface area contributed by atoms with Crippen molar-refractivity contribution in [3.63, 3.8) is 0 Å². The molecule has 2 N–H and O–H groups in total. The Labute approximate surface area is 222 Å². The molecule has 3 atom stereocenters. The van der Waals surface area contributed by atoms with Gasteiger partial charge < -0.3 is 24.8 Å². The van der Waals surface area contributed by atoms with E-state index in [4.69, 9.17) is 25.8 Å². The minimum absolute atomic E-state index is 0.0169. The quantitative estimate of drug-likeness (QED) is 0.525. The molecule has 37 heavy (non-hydrogen) atoms. The topological polar surface area (TPSA) is 72.1 Å². The van der Waals surface area contributed by atoms with E-state index in [1.807, 2.05) is 6.07 Å². The Kier molecular flexibility index (Phi) is 7.79. The summed E-state index contributed by atoms with van der Waals surface area (Å²) in [5.41, 5.74) is 1.72. The third kappa shape index (κ3) is 5.24. The van der Waals surface area contributed by atoms with Gasteiger partial charge in [0.1, 0.15) is 5.82 Å². The Hall–Kier alpha value is -2.55. The molecular weight excluding hydrogens is 497 g/mol. The van der Waals surface area contributed by atoms with Gasteiger partial charge in [-0.15, -0.1) is 0 Å². The van der Waals surface area contributed by atoms with Gasteiger partial charge >= 0.3 is 6.03 Å². The van der Waals surface area contributed by atoms with Crippen molar-refractivity contribution in [3.8, 4) is 11.5 Å². The smallest absolute Gasteiger partial charge is 0.319 e. The van der Waals surface area contributed by atoms with Crippen LogP contribution >= 0.6 is 11.6 Å². The molecule has 0 radical (unpaired) electrons. The van der Waals surface area contributed by atoms with E-state index < -0.39 is 5.82 Å². The van der Waals surface area contributed by atoms with Crippen LogP contribution < -0.4 is 20.1 Å². The maximum absolute atomic E-state index is 13.5. The molecule has 1 saturated carbocycles. The second kappa shape index (κ2) is 11.1. The molecule has 0 spiro atoms. The second-order valence-electron chi connectivity index (χ2n) is 10.3. The van der Waals surface area contributed by atoms with Gasteiger partial charge in [0.15, 0.2) is 11.5 Å². The van der Waals surface area contributed by atoms with Gasteiger partial charge in [-0.05, 0) is 81.0 Å². The van der Waals surface area contributed by atoms with Gasteiger partial charge in [-0.3, -0.25) is 4.90 Å². The molecule has 3 aliphatic rings. The average Bonchev–Trinajstić information content (AvgIpc) is 3.30. The number of carbonyl (C=O) groups excluding carboxylic acids is 1. The van der Waals surface area contributed by atoms with Crippen LogP contribution in [0, 0.1) is 5.82 Å². The lowest BCUT2D eigenvalue weighted by Crippen LogP contribution is -2.55. The minimum atomic E-state index is -0.513. The van der Waals surface area contributed by atoms with Gasteiger partial charge in [0.25, 0.3) is 0 Å². The molecule has 1 aliphatic carbocycles. The fourth-order valence-electron chi connectivity index (χ4n) is 6.58. The number of nitrogens with one attached hydrogen (secondary N) is 2. The maximum atomic E-state index is 13.5. The fraction of sp³-hybridized carbons (Fsp3) is 0.536. The zero-order valence-corrected chi connectivity index (χ0v) is 22.2. The summed E-state index contributed by atoms with van der Waals surface area (Å²) in [6, 6.07) is 11.0. The van der Waals surface area contributed by atoms with E-state index in [1.165, 1.54) is 23.8 Å². The molecule has 200 valence electrons. The summed E-state index contributed by atoms with van der Waals surface area (Å²) in [6.07, 6.45) is 5.80. The van der Waals surface area contributed by atoms with Gasteiger partial charge in [-0.25, -0.2) is 9.18 Å². The molecule has 9 heteroatoms. The van der Waals surface area contributed by atoms with E-state index in [2.05, 4.69) is 27.7 Å². The number of anilines is 1. The predicted octanol–water partition coefficient (Wildman–Crippen LogP) is 5.36. The van der Waals surface area contributed by atoms with E-state index in [-0.39, 0.29) is 28.6 Å². The maximum Gasteiger partial charge on any atom is 0.319 e. The number of methoxy groups -OCH3 is 2. The number of hydrogen-bond acceptors (Lipinski definition) is 5. The van der Waals surface area contributed by atoms with Crippen LogP contribution in [0.15, 0.2) is 36.4 Å². The lowest BCUT2D eigenvalue weighted by Gasteiger charge is -2.47. The van der Waals surface area contributed by atoms with Crippen molar-refractivity contribution in [2.45, 2.75) is 62.1 Å². The van der Waals surface area contributed by atoms with Crippen molar-refractivity contribution in [1.82, 2.24) is 10.2 Å². The largest absolute Gasteiger partial charge is 0.493 e. The molecule has 2 aromatic rings. The highest BCUT2D eigenvalue weighted by Crippen LogP contribution is 2.51. The van der Waals surface area contributed by atoms with Crippen LogP contribution in [0.4, 0.5) is 14.9 Å². The number of hydrogen-bond donors (Lipinski definition) is 2. The molecule has 3 fully saturated rings. The first-order chi connectivity index (χ1) is 17.9. The number of fused-ring (bicyclic) bond motifs is 1. The first-order valence-electron chi connectivity index (χ1n) is 13.0. The van der Waals surface area contributed by atoms with Crippen LogP contribution in [0.25, 0.3) is 0 Å². The molecule has 2 heterocycles. The first kappa shape index (κ1) is 26.1. The summed E-state index contributed by atoms with van der Waals surface area (Å²) >= 11 is 5.88. The molecule has 5 rings (SSSR count). The number of carbonyl (C=O) groups is 1. The van der Waals surface area contributed by atoms with Crippen LogP contribution in [0.2, 0.25) is 5.02 Å². The van der Waals surface area contributed by atoms with Crippen LogP contribution in [-0.4, -0.2) is 63.0 Å². The number of likely N-dealkylation sites (tertiary alicyclic amines) is 1. The van der Waals surface area contributed by atoms with Crippen molar-refractivity contribution < 1.29 is 23.4 Å². The van der Waals surface area contributed by atoms with E-state index in [0.717, 1.165) is 69.8 Å². The number of halogens is 2. The fourth-order valence-corrected chi connectivity index (χ4v) is 6.76. The highest BCUT2D eigenvalue weighted by molar-refractivity contribution is 6.31. The molecule has 2 saturated heterocycles. The molecule has 2 aromatic carbocycles. The number of amides is 2. The monoisotopic (exact) mass is 531 g/mol. The Morgan fingerprint density at radius 2 is 1.86 bits per heavy atom. The average molecular weight is 532 g/mol. The number of benzene rings is 2. The summed E-state index contributed by atoms with van der Waals surface area (Å²) in [4.78, 5) is 15.5. The SMILES string of the molecule is COc1ccc([C@@]23CC[C@@H](NC(=O)Nc4ccc(F)c(Cl)c4)C[C@@H]2N(C2CCOCC2)CC3)cc1OC. The normalized spacial score (nSPS) is 26.4. The highest BCUT2D eigenvalue weighted by Gasteiger charge is 2.53. The van der Waals surface area contributed by atoms with Crippen molar-refractivity contribution in [3.05, 3.63) is 52.8 Å². The van der Waals surface area contributed by atoms with Gasteiger partial charge in [-0.1, -0.05) is 17.7 Å². The van der Waals surface area contributed by atoms with Gasteiger partial charge in [0.2, 0.25) is 0 Å². The van der Waals surface area contributed by atoms with Crippen LogP contribution in [-0.2, 0) is 10.2 Å². The molecule has 7 nitrogen and oxygen atoms in total. The van der Waals surface area contributed by atoms with Crippen molar-refractivity contribution in [1.29, 1.82) is 0 Å². The third-order valence-electron chi connectivity index (χ3n) is 8.43. The van der Waals surface area contributed by atoms with Crippen molar-refractivity contribution in [2.75, 3.05) is 39.3 Å². The Morgan fingerprint density at radius 1 is 1.08 bits per heavy atom. The lowest BCUT2D eigenvalue weighted by molar-refractivity contribution is 0.0143. The van der Waals surface area contributed by atoms with Crippen molar-refractivity contribution in [2.24, 2.45) is 0 Å². The summed E-state index contributed by atoms with van der Waals surface area (Å²) in [5.74, 6) is 0.961. The van der Waals surface area contributed by atoms with Crippen LogP contribution in [0.3, 0.4) is 0 Å². The van der Waals surface area contributed by atoms with E-state index in [1.54, 1.807) is 14.2 Å². The van der Waals surface area contributed by atoms with Gasteiger partial charge in [-0.2, -0.15) is 0 Å². The van der Waals surface area contributed by atoms with Crippen LogP contribution in [0.1, 0.15) is 44.1 Å². The van der Waals surface area contributed by atoms with E-state index in [0.29, 0.717) is 11.7 Å². The summed E-state index contributed by atoms with van der Waals surface area (Å²) in [5, 5.41) is 5.94. The van der Waals surface area contributed by atoms with Crippen LogP contribution in [0.5, 0.6) is 11.5 Å². The van der Waals surface area contributed by atoms with E-state index >= 15 is 0 Å². The lowest BCUT2D eigenvalue weighted by atomic mass is 9.65. The van der Waals surface area contributed by atoms with Gasteiger partial charge in [0.05, 0.1) is 19.2 Å². The summed E-state index contributed by atoms with van der Waals surface area (Å²) in [6.45, 7) is 2.61. The highest BCUT2D eigenvalue weighted by atomic mass is 35.5. The molecule has 2 amide bonds. The Bertz CT molecular complexity index is 1130. The van der Waals surface area contributed by atoms with Crippen molar-refractivity contribution >= 4 is 23.3 Å². The van der Waals surface area contributed by atoms with E-state index in [9.17, 15) is 9.18 Å². The number of rotatable bonds is 6.